The minimum absolute atomic E-state index is 0. The van der Waals surface area contributed by atoms with Gasteiger partial charge in [0.15, 0.2) is 5.17 Å². The van der Waals surface area contributed by atoms with Crippen molar-refractivity contribution < 1.29 is 0 Å². The van der Waals surface area contributed by atoms with Gasteiger partial charge in [0.05, 0.1) is 6.07 Å². The van der Waals surface area contributed by atoms with Crippen LogP contribution < -0.4 is 5.73 Å². The first-order valence-corrected chi connectivity index (χ1v) is 5.04. The molecule has 0 bridgehead atoms. The summed E-state index contributed by atoms with van der Waals surface area (Å²) in [7, 11) is 0. The molecule has 3 N–H and O–H groups in total. The predicted molar refractivity (Wildman–Crippen MR) is 58.1 cm³/mol. The lowest BCUT2D eigenvalue weighted by atomic mass is 9.75. The Bertz CT molecular complexity index is 208. The summed E-state index contributed by atoms with van der Waals surface area (Å²) in [6, 6.07) is 2.18. The Morgan fingerprint density at radius 2 is 2.15 bits per heavy atom. The second-order valence-corrected chi connectivity index (χ2v) is 4.30. The van der Waals surface area contributed by atoms with E-state index in [1.165, 1.54) is 11.8 Å². The van der Waals surface area contributed by atoms with Crippen LogP contribution in [0.25, 0.3) is 0 Å². The zero-order valence-electron chi connectivity index (χ0n) is 7.32. The maximum atomic E-state index is 8.40. The van der Waals surface area contributed by atoms with Gasteiger partial charge in [-0.15, -0.1) is 12.4 Å². The van der Waals surface area contributed by atoms with E-state index in [0.717, 1.165) is 18.6 Å². The number of halogens is 1. The van der Waals surface area contributed by atoms with Crippen LogP contribution in [0.3, 0.4) is 0 Å². The fourth-order valence-corrected chi connectivity index (χ4v) is 2.20. The summed E-state index contributed by atoms with van der Waals surface area (Å²) in [5, 5.41) is 15.6. The van der Waals surface area contributed by atoms with E-state index >= 15 is 0 Å². The highest BCUT2D eigenvalue weighted by Gasteiger charge is 2.28. The van der Waals surface area contributed by atoms with Gasteiger partial charge in [0.2, 0.25) is 0 Å². The van der Waals surface area contributed by atoms with E-state index < -0.39 is 0 Å². The predicted octanol–water partition coefficient (Wildman–Crippen LogP) is 1.97. The molecule has 1 fully saturated rings. The van der Waals surface area contributed by atoms with Gasteiger partial charge in [-0.05, 0) is 24.7 Å². The van der Waals surface area contributed by atoms with Crippen molar-refractivity contribution in [1.29, 1.82) is 10.7 Å². The van der Waals surface area contributed by atoms with Crippen molar-refractivity contribution in [3.05, 3.63) is 0 Å². The van der Waals surface area contributed by atoms with E-state index in [1.807, 2.05) is 0 Å². The van der Waals surface area contributed by atoms with Gasteiger partial charge < -0.3 is 5.73 Å². The van der Waals surface area contributed by atoms with Crippen LogP contribution in [0.2, 0.25) is 0 Å². The quantitative estimate of drug-likeness (QED) is 0.563. The van der Waals surface area contributed by atoms with Crippen molar-refractivity contribution in [1.82, 2.24) is 0 Å². The number of amidine groups is 1. The average molecular weight is 220 g/mol. The molecule has 1 rings (SSSR count). The molecular weight excluding hydrogens is 206 g/mol. The van der Waals surface area contributed by atoms with E-state index in [2.05, 4.69) is 6.07 Å². The van der Waals surface area contributed by atoms with Crippen LogP contribution in [0.15, 0.2) is 0 Å². The Balaban J connectivity index is 0.00000144. The summed E-state index contributed by atoms with van der Waals surface area (Å²) in [6.45, 7) is 0. The number of rotatable bonds is 3. The molecule has 0 saturated heterocycles. The second-order valence-electron chi connectivity index (χ2n) is 3.24. The van der Waals surface area contributed by atoms with Gasteiger partial charge in [-0.25, -0.2) is 0 Å². The third-order valence-corrected chi connectivity index (χ3v) is 3.14. The van der Waals surface area contributed by atoms with Crippen LogP contribution in [0.4, 0.5) is 0 Å². The van der Waals surface area contributed by atoms with E-state index in [4.69, 9.17) is 16.4 Å². The first-order valence-electron chi connectivity index (χ1n) is 4.06. The molecule has 13 heavy (non-hydrogen) atoms. The minimum Gasteiger partial charge on any atom is -0.379 e. The Morgan fingerprint density at radius 1 is 1.54 bits per heavy atom. The number of nitrogens with zero attached hydrogens (tertiary/aromatic N) is 1. The maximum Gasteiger partial charge on any atom is 0.151 e. The third kappa shape index (κ3) is 4.39. The number of hydrogen-bond acceptors (Lipinski definition) is 3. The van der Waals surface area contributed by atoms with E-state index in [1.54, 1.807) is 0 Å². The molecule has 0 atom stereocenters. The number of nitrogens with one attached hydrogen (secondary N) is 1. The third-order valence-electron chi connectivity index (χ3n) is 2.19. The first-order chi connectivity index (χ1) is 5.72. The molecule has 0 aromatic heterocycles. The molecule has 0 heterocycles. The Hall–Kier alpha value is -0.400. The topological polar surface area (TPSA) is 73.7 Å². The van der Waals surface area contributed by atoms with Crippen LogP contribution in [0.5, 0.6) is 0 Å². The molecule has 3 nitrogen and oxygen atoms in total. The van der Waals surface area contributed by atoms with Crippen LogP contribution in [0.1, 0.15) is 19.3 Å². The lowest BCUT2D eigenvalue weighted by Gasteiger charge is -2.33. The summed E-state index contributed by atoms with van der Waals surface area (Å²) < 4.78 is 0. The SMILES string of the molecule is Cl.N#CCC1CC(CSC(=N)N)C1. The van der Waals surface area contributed by atoms with Gasteiger partial charge in [0.1, 0.15) is 0 Å². The molecular formula is C8H14ClN3S. The number of hydrogen-bond donors (Lipinski definition) is 2. The standard InChI is InChI=1S/C8H13N3S.ClH/c9-2-1-6-3-7(4-6)5-12-8(10)11;/h6-7H,1,3-5H2,(H3,10,11);1H. The highest BCUT2D eigenvalue weighted by Crippen LogP contribution is 2.37. The van der Waals surface area contributed by atoms with Gasteiger partial charge in [0.25, 0.3) is 0 Å². The van der Waals surface area contributed by atoms with Gasteiger partial charge in [-0.3, -0.25) is 5.41 Å². The molecule has 1 aliphatic rings. The summed E-state index contributed by atoms with van der Waals surface area (Å²) in [4.78, 5) is 0. The van der Waals surface area contributed by atoms with Crippen molar-refractivity contribution in [2.75, 3.05) is 5.75 Å². The van der Waals surface area contributed by atoms with Crippen molar-refractivity contribution >= 4 is 29.3 Å². The summed E-state index contributed by atoms with van der Waals surface area (Å²) >= 11 is 1.41. The summed E-state index contributed by atoms with van der Waals surface area (Å²) in [5.74, 6) is 2.27. The van der Waals surface area contributed by atoms with Crippen molar-refractivity contribution in [3.8, 4) is 6.07 Å². The fraction of sp³-hybridized carbons (Fsp3) is 0.750. The number of nitriles is 1. The van der Waals surface area contributed by atoms with E-state index in [9.17, 15) is 0 Å². The Kier molecular flexibility index (Phi) is 5.93. The first kappa shape index (κ1) is 12.6. The van der Waals surface area contributed by atoms with Crippen molar-refractivity contribution in [2.45, 2.75) is 19.3 Å². The van der Waals surface area contributed by atoms with Crippen LogP contribution in [-0.4, -0.2) is 10.9 Å². The monoisotopic (exact) mass is 219 g/mol. The van der Waals surface area contributed by atoms with Gasteiger partial charge in [-0.2, -0.15) is 5.26 Å². The highest BCUT2D eigenvalue weighted by molar-refractivity contribution is 8.13. The molecule has 0 spiro atoms. The molecule has 1 aliphatic carbocycles. The molecule has 5 heteroatoms. The molecule has 0 radical (unpaired) electrons. The molecule has 74 valence electrons. The molecule has 0 unspecified atom stereocenters. The second kappa shape index (κ2) is 6.11. The summed E-state index contributed by atoms with van der Waals surface area (Å²) in [5.41, 5.74) is 5.21. The maximum absolute atomic E-state index is 8.40. The van der Waals surface area contributed by atoms with Crippen LogP contribution >= 0.6 is 24.2 Å². The lowest BCUT2D eigenvalue weighted by molar-refractivity contribution is 0.221. The minimum atomic E-state index is 0. The molecule has 0 aromatic rings. The van der Waals surface area contributed by atoms with E-state index in [0.29, 0.717) is 18.3 Å². The average Bonchev–Trinajstić information content (AvgIpc) is 1.93. The Labute approximate surface area is 89.0 Å². The molecule has 1 saturated carbocycles. The van der Waals surface area contributed by atoms with Gasteiger partial charge in [0, 0.05) is 12.2 Å². The normalized spacial score (nSPS) is 25.2. The smallest absolute Gasteiger partial charge is 0.151 e. The van der Waals surface area contributed by atoms with E-state index in [-0.39, 0.29) is 17.6 Å². The summed E-state index contributed by atoms with van der Waals surface area (Å²) in [6.07, 6.45) is 2.99. The zero-order chi connectivity index (χ0) is 8.97. The van der Waals surface area contributed by atoms with Crippen molar-refractivity contribution in [2.24, 2.45) is 17.6 Å². The Morgan fingerprint density at radius 3 is 2.62 bits per heavy atom. The fourth-order valence-electron chi connectivity index (χ4n) is 1.51. The molecule has 0 amide bonds. The highest BCUT2D eigenvalue weighted by atomic mass is 35.5. The number of nitrogens with two attached hydrogens (primary N) is 1. The van der Waals surface area contributed by atoms with Crippen molar-refractivity contribution in [3.63, 3.8) is 0 Å². The molecule has 0 aromatic carbocycles. The van der Waals surface area contributed by atoms with Crippen LogP contribution in [-0.2, 0) is 0 Å². The van der Waals surface area contributed by atoms with Gasteiger partial charge >= 0.3 is 0 Å². The lowest BCUT2D eigenvalue weighted by Crippen LogP contribution is -2.26. The van der Waals surface area contributed by atoms with Crippen LogP contribution in [0, 0.1) is 28.6 Å². The molecule has 0 aliphatic heterocycles. The number of thioether (sulfide) groups is 1. The largest absolute Gasteiger partial charge is 0.379 e. The van der Waals surface area contributed by atoms with Gasteiger partial charge in [-0.1, -0.05) is 11.8 Å². The zero-order valence-corrected chi connectivity index (χ0v) is 8.96.